The number of fused-ring (bicyclic) bond motifs is 1. The molecule has 1 aliphatic heterocycles. The maximum absolute atomic E-state index is 12.7. The Bertz CT molecular complexity index is 914. The zero-order valence-corrected chi connectivity index (χ0v) is 16.3. The van der Waals surface area contributed by atoms with E-state index in [0.717, 1.165) is 11.0 Å². The number of carbonyl (C=O) groups is 2. The SMILES string of the molecule is Cn1c(=O)n(CC(=O)N2CCN(C(=O)OC(C)(C)C)CC2)c2ccccc21. The van der Waals surface area contributed by atoms with E-state index < -0.39 is 5.60 Å². The third-order valence-electron chi connectivity index (χ3n) is 4.63. The van der Waals surface area contributed by atoms with Crippen molar-refractivity contribution in [2.24, 2.45) is 7.05 Å². The van der Waals surface area contributed by atoms with Gasteiger partial charge in [-0.15, -0.1) is 0 Å². The summed E-state index contributed by atoms with van der Waals surface area (Å²) in [6, 6.07) is 7.41. The molecule has 2 amide bonds. The fourth-order valence-electron chi connectivity index (χ4n) is 3.22. The molecular formula is C19H26N4O4. The third kappa shape index (κ3) is 3.99. The largest absolute Gasteiger partial charge is 0.444 e. The third-order valence-corrected chi connectivity index (χ3v) is 4.63. The molecule has 8 heteroatoms. The summed E-state index contributed by atoms with van der Waals surface area (Å²) in [6.45, 7) is 7.17. The molecule has 0 bridgehead atoms. The highest BCUT2D eigenvalue weighted by atomic mass is 16.6. The second kappa shape index (κ2) is 7.09. The van der Waals surface area contributed by atoms with Gasteiger partial charge in [-0.1, -0.05) is 12.1 Å². The average Bonchev–Trinajstić information content (AvgIpc) is 2.86. The number of piperazine rings is 1. The Balaban J connectivity index is 1.65. The highest BCUT2D eigenvalue weighted by Crippen LogP contribution is 2.14. The van der Waals surface area contributed by atoms with Crippen LogP contribution in [-0.2, 0) is 23.1 Å². The lowest BCUT2D eigenvalue weighted by molar-refractivity contribution is -0.133. The smallest absolute Gasteiger partial charge is 0.410 e. The number of benzene rings is 1. The van der Waals surface area contributed by atoms with Crippen molar-refractivity contribution in [1.29, 1.82) is 0 Å². The normalized spacial score (nSPS) is 15.3. The van der Waals surface area contributed by atoms with Crippen molar-refractivity contribution in [2.45, 2.75) is 32.9 Å². The van der Waals surface area contributed by atoms with E-state index in [1.807, 2.05) is 45.0 Å². The van der Waals surface area contributed by atoms with Gasteiger partial charge >= 0.3 is 11.8 Å². The van der Waals surface area contributed by atoms with E-state index in [-0.39, 0.29) is 24.2 Å². The van der Waals surface area contributed by atoms with Crippen LogP contribution in [0.25, 0.3) is 11.0 Å². The van der Waals surface area contributed by atoms with Crippen LogP contribution in [0.15, 0.2) is 29.1 Å². The summed E-state index contributed by atoms with van der Waals surface area (Å²) in [5.74, 6) is -0.128. The molecule has 1 aromatic carbocycles. The van der Waals surface area contributed by atoms with Gasteiger partial charge in [-0.2, -0.15) is 0 Å². The lowest BCUT2D eigenvalue weighted by atomic mass is 10.2. The van der Waals surface area contributed by atoms with E-state index >= 15 is 0 Å². The van der Waals surface area contributed by atoms with Crippen LogP contribution in [0.4, 0.5) is 4.79 Å². The first-order valence-electron chi connectivity index (χ1n) is 9.07. The van der Waals surface area contributed by atoms with E-state index in [4.69, 9.17) is 4.74 Å². The van der Waals surface area contributed by atoms with Crippen molar-refractivity contribution in [3.63, 3.8) is 0 Å². The Morgan fingerprint density at radius 3 is 2.15 bits per heavy atom. The quantitative estimate of drug-likeness (QED) is 0.797. The summed E-state index contributed by atoms with van der Waals surface area (Å²) in [7, 11) is 1.70. The molecule has 1 aliphatic rings. The fourth-order valence-corrected chi connectivity index (χ4v) is 3.22. The summed E-state index contributed by atoms with van der Waals surface area (Å²) in [5, 5.41) is 0. The molecule has 27 heavy (non-hydrogen) atoms. The van der Waals surface area contributed by atoms with Crippen molar-refractivity contribution < 1.29 is 14.3 Å². The van der Waals surface area contributed by atoms with Gasteiger partial charge in [0.2, 0.25) is 5.91 Å². The minimum atomic E-state index is -0.542. The van der Waals surface area contributed by atoms with E-state index in [2.05, 4.69) is 0 Å². The molecule has 1 aromatic heterocycles. The van der Waals surface area contributed by atoms with Crippen LogP contribution < -0.4 is 5.69 Å². The summed E-state index contributed by atoms with van der Waals surface area (Å²) in [4.78, 5) is 40.6. The second-order valence-electron chi connectivity index (χ2n) is 7.76. The van der Waals surface area contributed by atoms with E-state index in [1.165, 1.54) is 4.57 Å². The molecule has 0 saturated carbocycles. The Kier molecular flexibility index (Phi) is 4.99. The first-order chi connectivity index (χ1) is 12.7. The van der Waals surface area contributed by atoms with Crippen molar-refractivity contribution in [2.75, 3.05) is 26.2 Å². The van der Waals surface area contributed by atoms with Gasteiger partial charge in [-0.25, -0.2) is 9.59 Å². The molecule has 3 rings (SSSR count). The van der Waals surface area contributed by atoms with Crippen LogP contribution in [-0.4, -0.2) is 62.7 Å². The number of hydrogen-bond donors (Lipinski definition) is 0. The summed E-state index contributed by atoms with van der Waals surface area (Å²) in [5.41, 5.74) is 0.785. The van der Waals surface area contributed by atoms with Crippen LogP contribution in [0.2, 0.25) is 0 Å². The number of para-hydroxylation sites is 2. The molecule has 2 heterocycles. The number of hydrogen-bond acceptors (Lipinski definition) is 4. The van der Waals surface area contributed by atoms with E-state index in [0.29, 0.717) is 26.2 Å². The van der Waals surface area contributed by atoms with Crippen molar-refractivity contribution in [1.82, 2.24) is 18.9 Å². The van der Waals surface area contributed by atoms with Crippen LogP contribution >= 0.6 is 0 Å². The molecule has 8 nitrogen and oxygen atoms in total. The molecule has 1 fully saturated rings. The topological polar surface area (TPSA) is 76.8 Å². The standard InChI is InChI=1S/C19H26N4O4/c1-19(2,3)27-18(26)22-11-9-21(10-12-22)16(24)13-23-15-8-6-5-7-14(15)20(4)17(23)25/h5-8H,9-13H2,1-4H3. The minimum absolute atomic E-state index is 0.00732. The first-order valence-corrected chi connectivity index (χ1v) is 9.07. The lowest BCUT2D eigenvalue weighted by Crippen LogP contribution is -2.52. The highest BCUT2D eigenvalue weighted by molar-refractivity contribution is 5.81. The minimum Gasteiger partial charge on any atom is -0.444 e. The van der Waals surface area contributed by atoms with Crippen LogP contribution in [0.3, 0.4) is 0 Å². The van der Waals surface area contributed by atoms with Gasteiger partial charge in [0.05, 0.1) is 11.0 Å². The second-order valence-corrected chi connectivity index (χ2v) is 7.76. The molecule has 0 unspecified atom stereocenters. The van der Waals surface area contributed by atoms with Gasteiger partial charge in [0.25, 0.3) is 0 Å². The van der Waals surface area contributed by atoms with Gasteiger partial charge in [0.15, 0.2) is 0 Å². The molecule has 0 atom stereocenters. The van der Waals surface area contributed by atoms with Crippen molar-refractivity contribution in [3.05, 3.63) is 34.7 Å². The Labute approximate surface area is 157 Å². The summed E-state index contributed by atoms with van der Waals surface area (Å²) >= 11 is 0. The van der Waals surface area contributed by atoms with Crippen LogP contribution in [0.5, 0.6) is 0 Å². The molecule has 0 N–H and O–H groups in total. The molecule has 1 saturated heterocycles. The van der Waals surface area contributed by atoms with Gasteiger partial charge in [0, 0.05) is 33.2 Å². The average molecular weight is 374 g/mol. The monoisotopic (exact) mass is 374 g/mol. The maximum atomic E-state index is 12.7. The number of nitrogens with zero attached hydrogens (tertiary/aromatic N) is 4. The molecular weight excluding hydrogens is 348 g/mol. The van der Waals surface area contributed by atoms with Crippen molar-refractivity contribution in [3.8, 4) is 0 Å². The predicted octanol–water partition coefficient (Wildman–Crippen LogP) is 1.42. The molecule has 2 aromatic rings. The Morgan fingerprint density at radius 1 is 1.00 bits per heavy atom. The lowest BCUT2D eigenvalue weighted by Gasteiger charge is -2.35. The van der Waals surface area contributed by atoms with Crippen molar-refractivity contribution >= 4 is 23.0 Å². The number of amides is 2. The number of carbonyl (C=O) groups excluding carboxylic acids is 2. The number of ether oxygens (including phenoxy) is 1. The zero-order valence-electron chi connectivity index (χ0n) is 16.3. The van der Waals surface area contributed by atoms with Crippen LogP contribution in [0, 0.1) is 0 Å². The molecule has 0 aliphatic carbocycles. The molecule has 0 radical (unpaired) electrons. The highest BCUT2D eigenvalue weighted by Gasteiger charge is 2.28. The maximum Gasteiger partial charge on any atom is 0.410 e. The molecule has 146 valence electrons. The number of imidazole rings is 1. The van der Waals surface area contributed by atoms with Gasteiger partial charge in [-0.3, -0.25) is 13.9 Å². The Hall–Kier alpha value is -2.77. The fraction of sp³-hybridized carbons (Fsp3) is 0.526. The van der Waals surface area contributed by atoms with E-state index in [1.54, 1.807) is 21.4 Å². The summed E-state index contributed by atoms with van der Waals surface area (Å²) in [6.07, 6.45) is -0.361. The van der Waals surface area contributed by atoms with Gasteiger partial charge in [0.1, 0.15) is 12.1 Å². The number of rotatable bonds is 2. The Morgan fingerprint density at radius 2 is 1.56 bits per heavy atom. The van der Waals surface area contributed by atoms with E-state index in [9.17, 15) is 14.4 Å². The first kappa shape index (κ1) is 19.0. The number of aromatic nitrogens is 2. The molecule has 0 spiro atoms. The predicted molar refractivity (Wildman–Crippen MR) is 102 cm³/mol. The van der Waals surface area contributed by atoms with Crippen LogP contribution in [0.1, 0.15) is 20.8 Å². The zero-order chi connectivity index (χ0) is 19.8. The number of aryl methyl sites for hydroxylation is 1. The van der Waals surface area contributed by atoms with Gasteiger partial charge in [-0.05, 0) is 32.9 Å². The summed E-state index contributed by atoms with van der Waals surface area (Å²) < 4.78 is 8.41. The van der Waals surface area contributed by atoms with Gasteiger partial charge < -0.3 is 14.5 Å².